The molecule has 3 fully saturated rings. The molecule has 32 heavy (non-hydrogen) atoms. The van der Waals surface area contributed by atoms with Crippen molar-refractivity contribution in [2.45, 2.75) is 49.9 Å². The van der Waals surface area contributed by atoms with Crippen LogP contribution in [-0.4, -0.2) is 66.3 Å². The number of halogens is 2. The van der Waals surface area contributed by atoms with Crippen molar-refractivity contribution < 1.29 is 21.7 Å². The highest BCUT2D eigenvalue weighted by Crippen LogP contribution is 2.41. The van der Waals surface area contributed by atoms with Crippen LogP contribution in [-0.2, 0) is 15.8 Å². The van der Waals surface area contributed by atoms with Crippen molar-refractivity contribution in [3.63, 3.8) is 0 Å². The lowest BCUT2D eigenvalue weighted by atomic mass is 9.84. The Morgan fingerprint density at radius 2 is 1.66 bits per heavy atom. The van der Waals surface area contributed by atoms with E-state index in [2.05, 4.69) is 20.2 Å². The number of hydrogen-bond donors (Lipinski definition) is 0. The number of piperidine rings is 1. The first kappa shape index (κ1) is 21.9. The van der Waals surface area contributed by atoms with Gasteiger partial charge in [-0.05, 0) is 30.7 Å². The summed E-state index contributed by atoms with van der Waals surface area (Å²) < 4.78 is 56.7. The van der Waals surface area contributed by atoms with Crippen molar-refractivity contribution in [3.05, 3.63) is 47.1 Å². The van der Waals surface area contributed by atoms with Crippen LogP contribution in [0.15, 0.2) is 28.8 Å². The van der Waals surface area contributed by atoms with Crippen LogP contribution >= 0.6 is 0 Å². The largest absolute Gasteiger partial charge is 0.339 e. The van der Waals surface area contributed by atoms with Gasteiger partial charge in [-0.3, -0.25) is 0 Å². The van der Waals surface area contributed by atoms with Crippen LogP contribution in [0, 0.1) is 0 Å². The average molecular weight is 467 g/mol. The maximum atomic E-state index is 13.7. The van der Waals surface area contributed by atoms with Gasteiger partial charge in [-0.15, -0.1) is 0 Å². The first-order valence-electron chi connectivity index (χ1n) is 11.2. The van der Waals surface area contributed by atoms with Gasteiger partial charge in [0.15, 0.2) is 15.7 Å². The summed E-state index contributed by atoms with van der Waals surface area (Å²) in [5, 5.41) is 8.46. The maximum absolute atomic E-state index is 13.7. The number of hydrogen-bond acceptors (Lipinski definition) is 7. The minimum Gasteiger partial charge on any atom is -0.339 e. The molecule has 3 aliphatic rings. The van der Waals surface area contributed by atoms with E-state index in [0.29, 0.717) is 38.0 Å². The molecule has 0 amide bonds. The van der Waals surface area contributed by atoms with Crippen molar-refractivity contribution in [3.8, 4) is 0 Å². The van der Waals surface area contributed by atoms with E-state index in [9.17, 15) is 17.2 Å². The average Bonchev–Trinajstić information content (AvgIpc) is 3.49. The molecule has 1 aromatic carbocycles. The summed E-state index contributed by atoms with van der Waals surface area (Å²) in [7, 11) is -2.98. The van der Waals surface area contributed by atoms with Crippen molar-refractivity contribution in [2.75, 3.05) is 37.7 Å². The van der Waals surface area contributed by atoms with Crippen LogP contribution in [0.4, 0.5) is 8.78 Å². The van der Waals surface area contributed by atoms with E-state index >= 15 is 0 Å². The van der Waals surface area contributed by atoms with Gasteiger partial charge in [0.25, 0.3) is 5.92 Å². The van der Waals surface area contributed by atoms with Crippen molar-refractivity contribution in [2.24, 2.45) is 0 Å². The Hall–Kier alpha value is -1.91. The molecule has 0 bridgehead atoms. The van der Waals surface area contributed by atoms with E-state index in [-0.39, 0.29) is 28.9 Å². The van der Waals surface area contributed by atoms with Crippen molar-refractivity contribution >= 4 is 9.84 Å². The normalized spacial score (nSPS) is 27.5. The second kappa shape index (κ2) is 8.14. The van der Waals surface area contributed by atoms with Gasteiger partial charge >= 0.3 is 0 Å². The van der Waals surface area contributed by atoms with E-state index in [1.807, 2.05) is 0 Å². The van der Waals surface area contributed by atoms with Crippen molar-refractivity contribution in [1.29, 1.82) is 0 Å². The molecule has 1 saturated carbocycles. The van der Waals surface area contributed by atoms with Crippen LogP contribution in [0.5, 0.6) is 0 Å². The smallest absolute Gasteiger partial charge is 0.270 e. The summed E-state index contributed by atoms with van der Waals surface area (Å²) in [5.74, 6) is -0.713. The van der Waals surface area contributed by atoms with Crippen molar-refractivity contribution in [1.82, 2.24) is 20.2 Å². The molecule has 1 aliphatic carbocycles. The van der Waals surface area contributed by atoms with Crippen LogP contribution in [0.2, 0.25) is 0 Å². The molecule has 2 aromatic rings. The fraction of sp³-hybridized carbons (Fsp3) is 0.636. The minimum atomic E-state index is -2.98. The third-order valence-electron chi connectivity index (χ3n) is 6.79. The lowest BCUT2D eigenvalue weighted by molar-refractivity contribution is -0.0479. The van der Waals surface area contributed by atoms with Crippen LogP contribution in [0.25, 0.3) is 0 Å². The second-order valence-electron chi connectivity index (χ2n) is 9.38. The molecule has 2 aliphatic heterocycles. The van der Waals surface area contributed by atoms with E-state index < -0.39 is 15.8 Å². The molecule has 174 valence electrons. The summed E-state index contributed by atoms with van der Waals surface area (Å²) in [6.45, 7) is 3.19. The summed E-state index contributed by atoms with van der Waals surface area (Å²) in [6, 6.07) is 6.55. The molecular weight excluding hydrogens is 438 g/mol. The fourth-order valence-corrected chi connectivity index (χ4v) is 5.86. The molecule has 0 spiro atoms. The number of rotatable bonds is 5. The lowest BCUT2D eigenvalue weighted by Gasteiger charge is -2.44. The second-order valence-corrected chi connectivity index (χ2v) is 11.7. The Morgan fingerprint density at radius 1 is 1.00 bits per heavy atom. The molecule has 5 rings (SSSR count). The van der Waals surface area contributed by atoms with E-state index in [1.165, 1.54) is 12.1 Å². The fourth-order valence-electron chi connectivity index (χ4n) is 4.68. The van der Waals surface area contributed by atoms with Gasteiger partial charge in [0, 0.05) is 44.6 Å². The Morgan fingerprint density at radius 3 is 2.28 bits per heavy atom. The summed E-state index contributed by atoms with van der Waals surface area (Å²) in [5.41, 5.74) is 0.983. The predicted octanol–water partition coefficient (Wildman–Crippen LogP) is 3.28. The minimum absolute atomic E-state index is 0.000392. The van der Waals surface area contributed by atoms with Gasteiger partial charge in [-0.25, -0.2) is 27.2 Å². The molecule has 0 radical (unpaired) electrons. The highest BCUT2D eigenvalue weighted by molar-refractivity contribution is 7.91. The van der Waals surface area contributed by atoms with E-state index in [0.717, 1.165) is 37.6 Å². The Labute approximate surface area is 186 Å². The molecule has 7 nitrogen and oxygen atoms in total. The highest BCUT2D eigenvalue weighted by Gasteiger charge is 2.38. The number of alkyl halides is 2. The summed E-state index contributed by atoms with van der Waals surface area (Å²) in [6.07, 6.45) is 2.96. The number of aromatic nitrogens is 2. The zero-order chi connectivity index (χ0) is 22.5. The number of hydrazine groups is 1. The van der Waals surface area contributed by atoms with Gasteiger partial charge in [0.2, 0.25) is 5.89 Å². The Balaban J connectivity index is 1.39. The first-order valence-corrected chi connectivity index (χ1v) is 13.0. The monoisotopic (exact) mass is 466 g/mol. The number of nitrogens with zero attached hydrogens (tertiary/aromatic N) is 4. The third kappa shape index (κ3) is 4.72. The van der Waals surface area contributed by atoms with Gasteiger partial charge < -0.3 is 4.52 Å². The standard InChI is InChI=1S/C22H28F2N4O3S/c1-22(23,24)19-6-4-15(5-7-19)17-12-18(21-25-20(26-31-21)16-2-3-16)14-28(13-17)27-8-10-32(29,30)11-9-27/h4-7,16-18H,2-3,8-14H2,1H3. The third-order valence-corrected chi connectivity index (χ3v) is 8.40. The van der Waals surface area contributed by atoms with Crippen LogP contribution < -0.4 is 0 Å². The topological polar surface area (TPSA) is 79.5 Å². The molecule has 0 N–H and O–H groups in total. The molecule has 2 saturated heterocycles. The van der Waals surface area contributed by atoms with Gasteiger partial charge in [0.05, 0.1) is 17.4 Å². The predicted molar refractivity (Wildman–Crippen MR) is 114 cm³/mol. The van der Waals surface area contributed by atoms with Gasteiger partial charge in [-0.1, -0.05) is 29.4 Å². The maximum Gasteiger partial charge on any atom is 0.270 e. The lowest BCUT2D eigenvalue weighted by Crippen LogP contribution is -2.54. The van der Waals surface area contributed by atoms with E-state index in [1.54, 1.807) is 12.1 Å². The quantitative estimate of drug-likeness (QED) is 0.669. The molecule has 3 heterocycles. The SMILES string of the molecule is CC(F)(F)c1ccc(C2CC(c3nc(C4CC4)no3)CN(N3CCS(=O)(=O)CC3)C2)cc1. The van der Waals surface area contributed by atoms with Crippen LogP contribution in [0.3, 0.4) is 0 Å². The van der Waals surface area contributed by atoms with Gasteiger partial charge in [-0.2, -0.15) is 4.98 Å². The summed E-state index contributed by atoms with van der Waals surface area (Å²) in [4.78, 5) is 4.66. The molecule has 10 heteroatoms. The zero-order valence-electron chi connectivity index (χ0n) is 18.1. The Kier molecular flexibility index (Phi) is 5.58. The van der Waals surface area contributed by atoms with Crippen LogP contribution in [0.1, 0.15) is 66.8 Å². The highest BCUT2D eigenvalue weighted by atomic mass is 32.2. The molecule has 2 atom stereocenters. The first-order chi connectivity index (χ1) is 15.2. The Bertz CT molecular complexity index is 1050. The molecule has 2 unspecified atom stereocenters. The molecular formula is C22H28F2N4O3S. The number of benzene rings is 1. The zero-order valence-corrected chi connectivity index (χ0v) is 18.9. The van der Waals surface area contributed by atoms with Gasteiger partial charge in [0.1, 0.15) is 0 Å². The number of sulfone groups is 1. The molecule has 1 aromatic heterocycles. The van der Waals surface area contributed by atoms with E-state index in [4.69, 9.17) is 4.52 Å². The summed E-state index contributed by atoms with van der Waals surface area (Å²) >= 11 is 0.